The second-order valence-corrected chi connectivity index (χ2v) is 7.02. The third kappa shape index (κ3) is 3.50. The number of amides is 1. The van der Waals surface area contributed by atoms with Gasteiger partial charge in [-0.05, 0) is 23.9 Å². The van der Waals surface area contributed by atoms with E-state index < -0.39 is 0 Å². The van der Waals surface area contributed by atoms with Crippen LogP contribution in [0.3, 0.4) is 0 Å². The van der Waals surface area contributed by atoms with Crippen LogP contribution in [0.5, 0.6) is 0 Å². The van der Waals surface area contributed by atoms with Gasteiger partial charge in [-0.2, -0.15) is 5.26 Å². The van der Waals surface area contributed by atoms with E-state index in [4.69, 9.17) is 0 Å². The van der Waals surface area contributed by atoms with Crippen molar-refractivity contribution in [2.45, 2.75) is 18.9 Å². The van der Waals surface area contributed by atoms with Crippen molar-refractivity contribution in [3.05, 3.63) is 58.3 Å². The molecule has 1 aromatic heterocycles. The lowest BCUT2D eigenvalue weighted by Gasteiger charge is -2.37. The van der Waals surface area contributed by atoms with Gasteiger partial charge in [0.15, 0.2) is 0 Å². The average molecular weight is 339 g/mol. The Morgan fingerprint density at radius 3 is 2.42 bits per heavy atom. The van der Waals surface area contributed by atoms with E-state index in [1.54, 1.807) is 11.3 Å². The van der Waals surface area contributed by atoms with Crippen molar-refractivity contribution < 1.29 is 4.79 Å². The molecule has 2 atom stereocenters. The number of carbonyl (C=O) groups is 1. The molecule has 0 spiro atoms. The summed E-state index contributed by atoms with van der Waals surface area (Å²) >= 11 is 1.63. The first-order chi connectivity index (χ1) is 11.7. The van der Waals surface area contributed by atoms with E-state index in [9.17, 15) is 10.1 Å². The Hall–Kier alpha value is -2.16. The summed E-state index contributed by atoms with van der Waals surface area (Å²) in [4.78, 5) is 17.9. The average Bonchev–Trinajstić information content (AvgIpc) is 3.17. The summed E-state index contributed by atoms with van der Waals surface area (Å²) < 4.78 is 0. The lowest BCUT2D eigenvalue weighted by Crippen LogP contribution is -2.50. The molecule has 1 saturated heterocycles. The van der Waals surface area contributed by atoms with Crippen molar-refractivity contribution in [3.8, 4) is 6.07 Å². The molecule has 1 aliphatic heterocycles. The highest BCUT2D eigenvalue weighted by Crippen LogP contribution is 2.25. The Balaban J connectivity index is 1.61. The third-order valence-corrected chi connectivity index (χ3v) is 5.62. The van der Waals surface area contributed by atoms with E-state index in [0.717, 1.165) is 23.5 Å². The summed E-state index contributed by atoms with van der Waals surface area (Å²) in [6.07, 6.45) is 0. The van der Waals surface area contributed by atoms with Crippen LogP contribution in [-0.4, -0.2) is 41.9 Å². The number of benzene rings is 1. The predicted molar refractivity (Wildman–Crippen MR) is 95.7 cm³/mol. The van der Waals surface area contributed by atoms with E-state index in [0.29, 0.717) is 13.1 Å². The van der Waals surface area contributed by atoms with Gasteiger partial charge in [-0.25, -0.2) is 0 Å². The van der Waals surface area contributed by atoms with Crippen LogP contribution in [0.1, 0.15) is 29.3 Å². The fraction of sp³-hybridized carbons (Fsp3) is 0.368. The quantitative estimate of drug-likeness (QED) is 0.859. The largest absolute Gasteiger partial charge is 0.340 e. The molecule has 0 N–H and O–H groups in total. The molecule has 1 amide bonds. The molecule has 1 aromatic carbocycles. The highest BCUT2D eigenvalue weighted by atomic mass is 32.1. The summed E-state index contributed by atoms with van der Waals surface area (Å²) in [7, 11) is 0. The van der Waals surface area contributed by atoms with Crippen molar-refractivity contribution in [1.82, 2.24) is 9.80 Å². The van der Waals surface area contributed by atoms with Crippen LogP contribution < -0.4 is 0 Å². The van der Waals surface area contributed by atoms with E-state index in [1.807, 2.05) is 59.7 Å². The monoisotopic (exact) mass is 339 g/mol. The Morgan fingerprint density at radius 1 is 1.12 bits per heavy atom. The minimum atomic E-state index is -0.238. The van der Waals surface area contributed by atoms with Gasteiger partial charge in [-0.15, -0.1) is 11.3 Å². The number of nitrogens with zero attached hydrogens (tertiary/aromatic N) is 3. The maximum Gasteiger partial charge on any atom is 0.230 e. The van der Waals surface area contributed by atoms with Crippen molar-refractivity contribution >= 4 is 17.2 Å². The van der Waals surface area contributed by atoms with Crippen molar-refractivity contribution in [2.75, 3.05) is 26.2 Å². The third-order valence-electron chi connectivity index (χ3n) is 4.57. The molecule has 24 heavy (non-hydrogen) atoms. The molecule has 0 aliphatic carbocycles. The standard InChI is InChI=1S/C19H21N3OS/c1-15(18-8-5-13-24-18)19(23)22-11-9-21(10-12-22)17(14-20)16-6-3-2-4-7-16/h2-8,13,15,17H,9-12H2,1H3. The molecular formula is C19H21N3OS. The normalized spacial score (nSPS) is 17.9. The van der Waals surface area contributed by atoms with Crippen LogP contribution >= 0.6 is 11.3 Å². The number of rotatable bonds is 4. The molecule has 0 saturated carbocycles. The van der Waals surface area contributed by atoms with Gasteiger partial charge >= 0.3 is 0 Å². The first-order valence-electron chi connectivity index (χ1n) is 8.21. The maximum absolute atomic E-state index is 12.7. The van der Waals surface area contributed by atoms with E-state index in [-0.39, 0.29) is 17.9 Å². The highest BCUT2D eigenvalue weighted by Gasteiger charge is 2.29. The van der Waals surface area contributed by atoms with Gasteiger partial charge in [0.05, 0.1) is 12.0 Å². The first-order valence-corrected chi connectivity index (χ1v) is 9.09. The summed E-state index contributed by atoms with van der Waals surface area (Å²) in [6.45, 7) is 4.80. The molecule has 0 bridgehead atoms. The van der Waals surface area contributed by atoms with Crippen LogP contribution in [-0.2, 0) is 4.79 Å². The second-order valence-electron chi connectivity index (χ2n) is 6.04. The highest BCUT2D eigenvalue weighted by molar-refractivity contribution is 7.10. The Labute approximate surface area is 146 Å². The molecule has 0 radical (unpaired) electrons. The number of piperazine rings is 1. The molecule has 2 heterocycles. The molecule has 4 nitrogen and oxygen atoms in total. The minimum absolute atomic E-state index is 0.0857. The fourth-order valence-electron chi connectivity index (χ4n) is 3.14. The topological polar surface area (TPSA) is 47.3 Å². The summed E-state index contributed by atoms with van der Waals surface area (Å²) in [5, 5.41) is 11.6. The van der Waals surface area contributed by atoms with E-state index in [2.05, 4.69) is 11.0 Å². The molecular weight excluding hydrogens is 318 g/mol. The number of hydrogen-bond donors (Lipinski definition) is 0. The molecule has 1 aliphatic rings. The summed E-state index contributed by atoms with van der Waals surface area (Å²) in [5.74, 6) is 0.0998. The first kappa shape index (κ1) is 16.7. The van der Waals surface area contributed by atoms with Crippen molar-refractivity contribution in [3.63, 3.8) is 0 Å². The van der Waals surface area contributed by atoms with Crippen molar-refractivity contribution in [1.29, 1.82) is 5.26 Å². The SMILES string of the molecule is CC(C(=O)N1CCN(C(C#N)c2ccccc2)CC1)c1cccs1. The van der Waals surface area contributed by atoms with Gasteiger partial charge in [-0.3, -0.25) is 9.69 Å². The molecule has 2 aromatic rings. The van der Waals surface area contributed by atoms with Gasteiger partial charge in [0, 0.05) is 31.1 Å². The number of nitriles is 1. The van der Waals surface area contributed by atoms with Crippen LogP contribution in [0.4, 0.5) is 0 Å². The summed E-state index contributed by atoms with van der Waals surface area (Å²) in [5.41, 5.74) is 1.02. The lowest BCUT2D eigenvalue weighted by atomic mass is 10.0. The van der Waals surface area contributed by atoms with Crippen LogP contribution in [0.2, 0.25) is 0 Å². The molecule has 5 heteroatoms. The fourth-order valence-corrected chi connectivity index (χ4v) is 3.91. The number of thiophene rings is 1. The molecule has 2 unspecified atom stereocenters. The maximum atomic E-state index is 12.7. The van der Waals surface area contributed by atoms with Gasteiger partial charge in [0.1, 0.15) is 6.04 Å². The molecule has 124 valence electrons. The minimum Gasteiger partial charge on any atom is -0.340 e. The summed E-state index contributed by atoms with van der Waals surface area (Å²) in [6, 6.07) is 16.0. The van der Waals surface area contributed by atoms with E-state index in [1.165, 1.54) is 0 Å². The zero-order valence-electron chi connectivity index (χ0n) is 13.8. The van der Waals surface area contributed by atoms with Crippen LogP contribution in [0.25, 0.3) is 0 Å². The van der Waals surface area contributed by atoms with Gasteiger partial charge in [-0.1, -0.05) is 36.4 Å². The number of hydrogen-bond acceptors (Lipinski definition) is 4. The Morgan fingerprint density at radius 2 is 1.83 bits per heavy atom. The van der Waals surface area contributed by atoms with Gasteiger partial charge < -0.3 is 4.90 Å². The predicted octanol–water partition coefficient (Wildman–Crippen LogP) is 3.26. The van der Waals surface area contributed by atoms with Crippen LogP contribution in [0.15, 0.2) is 47.8 Å². The smallest absolute Gasteiger partial charge is 0.230 e. The van der Waals surface area contributed by atoms with E-state index >= 15 is 0 Å². The Bertz CT molecular complexity index is 700. The van der Waals surface area contributed by atoms with Gasteiger partial charge in [0.2, 0.25) is 5.91 Å². The lowest BCUT2D eigenvalue weighted by molar-refractivity contribution is -0.134. The zero-order chi connectivity index (χ0) is 16.9. The molecule has 1 fully saturated rings. The number of carbonyl (C=O) groups excluding carboxylic acids is 1. The molecule has 3 rings (SSSR count). The second kappa shape index (κ2) is 7.61. The van der Waals surface area contributed by atoms with Crippen LogP contribution in [0, 0.1) is 11.3 Å². The zero-order valence-corrected chi connectivity index (χ0v) is 14.6. The Kier molecular flexibility index (Phi) is 5.29. The van der Waals surface area contributed by atoms with Crippen molar-refractivity contribution in [2.24, 2.45) is 0 Å². The van der Waals surface area contributed by atoms with Gasteiger partial charge in [0.25, 0.3) is 0 Å².